The second-order valence-electron chi connectivity index (χ2n) is 3.23. The molecule has 0 amide bonds. The summed E-state index contributed by atoms with van der Waals surface area (Å²) in [4.78, 5) is 3.68. The van der Waals surface area contributed by atoms with Crippen LogP contribution in [-0.2, 0) is 10.0 Å². The van der Waals surface area contributed by atoms with Crippen LogP contribution in [0.1, 0.15) is 0 Å². The predicted octanol–water partition coefficient (Wildman–Crippen LogP) is -0.0420. The molecule has 18 heavy (non-hydrogen) atoms. The van der Waals surface area contributed by atoms with Crippen LogP contribution >= 0.6 is 0 Å². The van der Waals surface area contributed by atoms with Gasteiger partial charge in [0.05, 0.1) is 5.69 Å². The van der Waals surface area contributed by atoms with Gasteiger partial charge in [-0.15, -0.1) is 5.10 Å². The van der Waals surface area contributed by atoms with Gasteiger partial charge in [0.1, 0.15) is 4.90 Å². The minimum atomic E-state index is -3.81. The Morgan fingerprint density at radius 3 is 2.72 bits per heavy atom. The van der Waals surface area contributed by atoms with Crippen LogP contribution in [-0.4, -0.2) is 23.6 Å². The van der Waals surface area contributed by atoms with Crippen molar-refractivity contribution in [2.45, 2.75) is 4.90 Å². The van der Waals surface area contributed by atoms with Crippen LogP contribution in [0.25, 0.3) is 0 Å². The highest BCUT2D eigenvalue weighted by Gasteiger charge is 2.19. The Balaban J connectivity index is 2.37. The molecular weight excluding hydrogens is 256 g/mol. The van der Waals surface area contributed by atoms with Gasteiger partial charge < -0.3 is 5.43 Å². The number of sulfonamides is 1. The zero-order valence-electron chi connectivity index (χ0n) is 9.11. The molecule has 8 nitrogen and oxygen atoms in total. The van der Waals surface area contributed by atoms with Gasteiger partial charge in [0.25, 0.3) is 10.0 Å². The standard InChI is InChI=1S/C9H10N6O2S/c10-13-7-3-5-11-6-8(7)18(16,17)15-9-2-1-4-12-14-9/h1-6H,10H2,(H,11,13)(H,14,15). The predicted molar refractivity (Wildman–Crippen MR) is 64.9 cm³/mol. The molecule has 2 aromatic rings. The van der Waals surface area contributed by atoms with Crippen molar-refractivity contribution in [3.05, 3.63) is 36.8 Å². The number of nitrogens with two attached hydrogens (primary N) is 1. The molecule has 94 valence electrons. The zero-order chi connectivity index (χ0) is 13.0. The number of rotatable bonds is 4. The summed E-state index contributed by atoms with van der Waals surface area (Å²) in [7, 11) is -3.81. The summed E-state index contributed by atoms with van der Waals surface area (Å²) in [5, 5.41) is 7.20. The van der Waals surface area contributed by atoms with Crippen molar-refractivity contribution in [1.29, 1.82) is 0 Å². The molecule has 0 saturated carbocycles. The lowest BCUT2D eigenvalue weighted by molar-refractivity contribution is 0.600. The molecule has 0 saturated heterocycles. The molecule has 0 unspecified atom stereocenters. The Morgan fingerprint density at radius 2 is 2.06 bits per heavy atom. The first-order chi connectivity index (χ1) is 8.63. The first-order valence-electron chi connectivity index (χ1n) is 4.84. The number of hydrogen-bond donors (Lipinski definition) is 3. The Kier molecular flexibility index (Phi) is 3.35. The summed E-state index contributed by atoms with van der Waals surface area (Å²) < 4.78 is 26.4. The van der Waals surface area contributed by atoms with E-state index in [0.717, 1.165) is 0 Å². The third kappa shape index (κ3) is 2.52. The molecule has 0 bridgehead atoms. The van der Waals surface area contributed by atoms with Crippen LogP contribution in [0.2, 0.25) is 0 Å². The van der Waals surface area contributed by atoms with Crippen LogP contribution in [0, 0.1) is 0 Å². The lowest BCUT2D eigenvalue weighted by atomic mass is 10.4. The molecule has 0 aromatic carbocycles. The highest BCUT2D eigenvalue weighted by Crippen LogP contribution is 2.20. The molecule has 9 heteroatoms. The van der Waals surface area contributed by atoms with E-state index in [9.17, 15) is 8.42 Å². The molecule has 4 N–H and O–H groups in total. The van der Waals surface area contributed by atoms with Gasteiger partial charge in [-0.2, -0.15) is 5.10 Å². The van der Waals surface area contributed by atoms with E-state index in [1.54, 1.807) is 6.07 Å². The average molecular weight is 266 g/mol. The number of hydrazine groups is 1. The molecule has 0 aliphatic rings. The fraction of sp³-hybridized carbons (Fsp3) is 0. The van der Waals surface area contributed by atoms with Gasteiger partial charge in [-0.05, 0) is 18.2 Å². The van der Waals surface area contributed by atoms with Gasteiger partial charge in [0.2, 0.25) is 0 Å². The Morgan fingerprint density at radius 1 is 1.22 bits per heavy atom. The molecular formula is C9H10N6O2S. The van der Waals surface area contributed by atoms with Crippen molar-refractivity contribution < 1.29 is 8.42 Å². The molecule has 2 rings (SSSR count). The maximum atomic E-state index is 12.1. The minimum Gasteiger partial charge on any atom is -0.323 e. The van der Waals surface area contributed by atoms with E-state index < -0.39 is 10.0 Å². The summed E-state index contributed by atoms with van der Waals surface area (Å²) in [5.74, 6) is 5.36. The Hall–Kier alpha value is -2.26. The highest BCUT2D eigenvalue weighted by atomic mass is 32.2. The van der Waals surface area contributed by atoms with Crippen LogP contribution < -0.4 is 16.0 Å². The Bertz CT molecular complexity index is 631. The number of nitrogen functional groups attached to an aromatic ring is 1. The molecule has 0 radical (unpaired) electrons. The van der Waals surface area contributed by atoms with Crippen LogP contribution in [0.15, 0.2) is 41.7 Å². The van der Waals surface area contributed by atoms with Gasteiger partial charge in [-0.3, -0.25) is 15.5 Å². The largest absolute Gasteiger partial charge is 0.323 e. The topological polar surface area (TPSA) is 123 Å². The van der Waals surface area contributed by atoms with Crippen molar-refractivity contribution in [3.63, 3.8) is 0 Å². The SMILES string of the molecule is NNc1ccncc1S(=O)(=O)Nc1cccnn1. The van der Waals surface area contributed by atoms with Crippen molar-refractivity contribution in [1.82, 2.24) is 15.2 Å². The molecule has 0 aliphatic carbocycles. The first kappa shape index (κ1) is 12.2. The first-order valence-corrected chi connectivity index (χ1v) is 6.33. The average Bonchev–Trinajstić information content (AvgIpc) is 2.39. The van der Waals surface area contributed by atoms with Gasteiger partial charge in [-0.25, -0.2) is 8.42 Å². The summed E-state index contributed by atoms with van der Waals surface area (Å²) in [6, 6.07) is 4.50. The smallest absolute Gasteiger partial charge is 0.266 e. The molecule has 0 aliphatic heterocycles. The van der Waals surface area contributed by atoms with E-state index in [-0.39, 0.29) is 16.4 Å². The number of pyridine rings is 1. The van der Waals surface area contributed by atoms with E-state index >= 15 is 0 Å². The van der Waals surface area contributed by atoms with Crippen molar-refractivity contribution in [2.24, 2.45) is 5.84 Å². The molecule has 0 fully saturated rings. The summed E-state index contributed by atoms with van der Waals surface area (Å²) in [5.41, 5.74) is 2.53. The Labute approximate surface area is 103 Å². The van der Waals surface area contributed by atoms with E-state index in [1.807, 2.05) is 0 Å². The highest BCUT2D eigenvalue weighted by molar-refractivity contribution is 7.92. The fourth-order valence-corrected chi connectivity index (χ4v) is 2.37. The van der Waals surface area contributed by atoms with Gasteiger partial charge in [0, 0.05) is 18.6 Å². The summed E-state index contributed by atoms with van der Waals surface area (Å²) >= 11 is 0. The third-order valence-corrected chi connectivity index (χ3v) is 3.42. The number of aromatic nitrogens is 3. The fourth-order valence-electron chi connectivity index (χ4n) is 1.26. The number of nitrogens with zero attached hydrogens (tertiary/aromatic N) is 3. The number of anilines is 2. The van der Waals surface area contributed by atoms with Crippen LogP contribution in [0.4, 0.5) is 11.5 Å². The van der Waals surface area contributed by atoms with E-state index in [1.165, 1.54) is 30.7 Å². The maximum absolute atomic E-state index is 12.1. The monoisotopic (exact) mass is 266 g/mol. The third-order valence-electron chi connectivity index (χ3n) is 2.04. The van der Waals surface area contributed by atoms with Gasteiger partial charge in [-0.1, -0.05) is 0 Å². The van der Waals surface area contributed by atoms with E-state index in [0.29, 0.717) is 0 Å². The zero-order valence-corrected chi connectivity index (χ0v) is 9.92. The van der Waals surface area contributed by atoms with E-state index in [4.69, 9.17) is 5.84 Å². The van der Waals surface area contributed by atoms with Gasteiger partial charge >= 0.3 is 0 Å². The lowest BCUT2D eigenvalue weighted by Crippen LogP contribution is -2.18. The normalized spacial score (nSPS) is 10.9. The van der Waals surface area contributed by atoms with Gasteiger partial charge in [0.15, 0.2) is 5.82 Å². The summed E-state index contributed by atoms with van der Waals surface area (Å²) in [6.07, 6.45) is 4.05. The van der Waals surface area contributed by atoms with Crippen molar-refractivity contribution in [3.8, 4) is 0 Å². The van der Waals surface area contributed by atoms with Crippen LogP contribution in [0.3, 0.4) is 0 Å². The second kappa shape index (κ2) is 4.94. The second-order valence-corrected chi connectivity index (χ2v) is 4.88. The lowest BCUT2D eigenvalue weighted by Gasteiger charge is -2.09. The molecule has 2 aromatic heterocycles. The number of hydrogen-bond acceptors (Lipinski definition) is 7. The van der Waals surface area contributed by atoms with Crippen LogP contribution in [0.5, 0.6) is 0 Å². The summed E-state index contributed by atoms with van der Waals surface area (Å²) in [6.45, 7) is 0. The minimum absolute atomic E-state index is 0.0712. The molecule has 2 heterocycles. The molecule has 0 atom stereocenters. The quantitative estimate of drug-likeness (QED) is 0.524. The molecule has 0 spiro atoms. The van der Waals surface area contributed by atoms with E-state index in [2.05, 4.69) is 25.3 Å². The maximum Gasteiger partial charge on any atom is 0.266 e. The number of nitrogens with one attached hydrogen (secondary N) is 2. The van der Waals surface area contributed by atoms with Crippen molar-refractivity contribution in [2.75, 3.05) is 10.1 Å². The van der Waals surface area contributed by atoms with Crippen molar-refractivity contribution >= 4 is 21.5 Å².